The van der Waals surface area contributed by atoms with Crippen molar-refractivity contribution < 1.29 is 9.21 Å². The molecular formula is C16H15N3O2S. The molecule has 2 aromatic rings. The van der Waals surface area contributed by atoms with Crippen molar-refractivity contribution in [3.05, 3.63) is 60.1 Å². The Bertz CT molecular complexity index is 662. The molecule has 5 nitrogen and oxygen atoms in total. The summed E-state index contributed by atoms with van der Waals surface area (Å²) in [4.78, 5) is 13.7. The molecule has 2 rings (SSSR count). The Morgan fingerprint density at radius 1 is 1.27 bits per heavy atom. The van der Waals surface area contributed by atoms with E-state index in [1.807, 2.05) is 30.3 Å². The lowest BCUT2D eigenvalue weighted by Gasteiger charge is -2.24. The maximum atomic E-state index is 12.0. The fraction of sp³-hybridized carbons (Fsp3) is 0.188. The highest BCUT2D eigenvalue weighted by atomic mass is 32.1. The normalized spacial score (nSPS) is 9.77. The maximum Gasteiger partial charge on any atom is 0.293 e. The fourth-order valence-corrected chi connectivity index (χ4v) is 2.14. The third kappa shape index (κ3) is 4.43. The number of carbonyl (C=O) groups excluding carboxylic acids is 1. The van der Waals surface area contributed by atoms with Gasteiger partial charge in [-0.15, -0.1) is 0 Å². The van der Waals surface area contributed by atoms with Crippen molar-refractivity contribution >= 4 is 23.2 Å². The molecule has 1 N–H and O–H groups in total. The predicted octanol–water partition coefficient (Wildman–Crippen LogP) is 2.71. The SMILES string of the molecule is N#CCCN(Cc1ccccc1)C(=S)NC(=O)c1ccco1. The molecule has 1 heterocycles. The van der Waals surface area contributed by atoms with Gasteiger partial charge in [0.1, 0.15) is 0 Å². The fourth-order valence-electron chi connectivity index (χ4n) is 1.89. The molecule has 0 spiro atoms. The predicted molar refractivity (Wildman–Crippen MR) is 85.9 cm³/mol. The van der Waals surface area contributed by atoms with Crippen LogP contribution in [-0.4, -0.2) is 22.5 Å². The minimum Gasteiger partial charge on any atom is -0.459 e. The number of carbonyl (C=O) groups is 1. The molecular weight excluding hydrogens is 298 g/mol. The molecule has 0 unspecified atom stereocenters. The second-order valence-corrected chi connectivity index (χ2v) is 4.94. The third-order valence-corrected chi connectivity index (χ3v) is 3.32. The number of nitrogens with one attached hydrogen (secondary N) is 1. The van der Waals surface area contributed by atoms with Crippen LogP contribution in [0, 0.1) is 11.3 Å². The summed E-state index contributed by atoms with van der Waals surface area (Å²) >= 11 is 5.28. The molecule has 0 atom stereocenters. The van der Waals surface area contributed by atoms with Crippen LogP contribution in [-0.2, 0) is 6.54 Å². The molecule has 0 aliphatic carbocycles. The lowest BCUT2D eigenvalue weighted by molar-refractivity contribution is 0.0946. The minimum atomic E-state index is -0.398. The number of benzene rings is 1. The summed E-state index contributed by atoms with van der Waals surface area (Å²) in [7, 11) is 0. The molecule has 0 saturated heterocycles. The van der Waals surface area contributed by atoms with Gasteiger partial charge >= 0.3 is 0 Å². The molecule has 6 heteroatoms. The van der Waals surface area contributed by atoms with Gasteiger partial charge in [0, 0.05) is 13.1 Å². The van der Waals surface area contributed by atoms with E-state index in [0.29, 0.717) is 19.5 Å². The van der Waals surface area contributed by atoms with Crippen LogP contribution in [0.1, 0.15) is 22.5 Å². The van der Waals surface area contributed by atoms with Gasteiger partial charge < -0.3 is 9.32 Å². The van der Waals surface area contributed by atoms with E-state index in [1.165, 1.54) is 6.26 Å². The molecule has 1 aromatic heterocycles. The zero-order valence-electron chi connectivity index (χ0n) is 11.9. The number of rotatable bonds is 5. The van der Waals surface area contributed by atoms with E-state index < -0.39 is 5.91 Å². The lowest BCUT2D eigenvalue weighted by atomic mass is 10.2. The van der Waals surface area contributed by atoms with E-state index in [0.717, 1.165) is 5.56 Å². The minimum absolute atomic E-state index is 0.197. The van der Waals surface area contributed by atoms with E-state index >= 15 is 0 Å². The first-order valence-corrected chi connectivity index (χ1v) is 7.16. The van der Waals surface area contributed by atoms with Crippen molar-refractivity contribution in [1.29, 1.82) is 5.26 Å². The average molecular weight is 313 g/mol. The van der Waals surface area contributed by atoms with Crippen LogP contribution in [0.5, 0.6) is 0 Å². The number of hydrogen-bond acceptors (Lipinski definition) is 4. The zero-order valence-corrected chi connectivity index (χ0v) is 12.7. The summed E-state index contributed by atoms with van der Waals surface area (Å²) < 4.78 is 5.03. The van der Waals surface area contributed by atoms with Crippen molar-refractivity contribution in [3.63, 3.8) is 0 Å². The van der Waals surface area contributed by atoms with Gasteiger partial charge in [-0.05, 0) is 29.9 Å². The highest BCUT2D eigenvalue weighted by Gasteiger charge is 2.15. The Labute approximate surface area is 134 Å². The Balaban J connectivity index is 2.02. The van der Waals surface area contributed by atoms with Crippen LogP contribution < -0.4 is 5.32 Å². The van der Waals surface area contributed by atoms with Crippen molar-refractivity contribution in [2.75, 3.05) is 6.54 Å². The molecule has 112 valence electrons. The van der Waals surface area contributed by atoms with Gasteiger partial charge in [-0.2, -0.15) is 5.26 Å². The van der Waals surface area contributed by atoms with Gasteiger partial charge in [-0.1, -0.05) is 30.3 Å². The lowest BCUT2D eigenvalue weighted by Crippen LogP contribution is -2.42. The standard InChI is InChI=1S/C16H15N3O2S/c17-9-5-10-19(12-13-6-2-1-3-7-13)16(22)18-15(20)14-8-4-11-21-14/h1-4,6-8,11H,5,10,12H2,(H,18,20,22). The molecule has 0 aliphatic heterocycles. The molecule has 0 saturated carbocycles. The summed E-state index contributed by atoms with van der Waals surface area (Å²) in [5.74, 6) is -0.202. The molecule has 0 radical (unpaired) electrons. The van der Waals surface area contributed by atoms with Crippen LogP contribution >= 0.6 is 12.2 Å². The Kier molecular flexibility index (Phi) is 5.69. The molecule has 0 bridgehead atoms. The van der Waals surface area contributed by atoms with Crippen molar-refractivity contribution in [3.8, 4) is 6.07 Å². The van der Waals surface area contributed by atoms with Crippen LogP contribution in [0.3, 0.4) is 0 Å². The number of nitrogens with zero attached hydrogens (tertiary/aromatic N) is 2. The van der Waals surface area contributed by atoms with E-state index in [4.69, 9.17) is 21.9 Å². The second kappa shape index (κ2) is 7.96. The van der Waals surface area contributed by atoms with Crippen LogP contribution in [0.2, 0.25) is 0 Å². The monoisotopic (exact) mass is 313 g/mol. The molecule has 22 heavy (non-hydrogen) atoms. The van der Waals surface area contributed by atoms with Crippen molar-refractivity contribution in [1.82, 2.24) is 10.2 Å². The Hall–Kier alpha value is -2.65. The zero-order chi connectivity index (χ0) is 15.8. The maximum absolute atomic E-state index is 12.0. The third-order valence-electron chi connectivity index (χ3n) is 2.96. The van der Waals surface area contributed by atoms with Crippen LogP contribution in [0.15, 0.2) is 53.1 Å². The number of hydrogen-bond donors (Lipinski definition) is 1. The summed E-state index contributed by atoms with van der Waals surface area (Å²) in [6.07, 6.45) is 1.75. The average Bonchev–Trinajstić information content (AvgIpc) is 3.06. The Morgan fingerprint density at radius 2 is 2.05 bits per heavy atom. The number of furan rings is 1. The number of amides is 1. The number of nitriles is 1. The van der Waals surface area contributed by atoms with Crippen LogP contribution in [0.4, 0.5) is 0 Å². The van der Waals surface area contributed by atoms with Gasteiger partial charge in [0.05, 0.1) is 18.8 Å². The van der Waals surface area contributed by atoms with Crippen molar-refractivity contribution in [2.45, 2.75) is 13.0 Å². The molecule has 1 amide bonds. The van der Waals surface area contributed by atoms with Crippen molar-refractivity contribution in [2.24, 2.45) is 0 Å². The summed E-state index contributed by atoms with van der Waals surface area (Å²) in [5.41, 5.74) is 1.05. The molecule has 1 aromatic carbocycles. The topological polar surface area (TPSA) is 69.3 Å². The van der Waals surface area contributed by atoms with Gasteiger partial charge in [-0.25, -0.2) is 0 Å². The second-order valence-electron chi connectivity index (χ2n) is 4.55. The quantitative estimate of drug-likeness (QED) is 0.860. The smallest absolute Gasteiger partial charge is 0.293 e. The van der Waals surface area contributed by atoms with Crippen LogP contribution in [0.25, 0.3) is 0 Å². The van der Waals surface area contributed by atoms with Gasteiger partial charge in [0.2, 0.25) is 0 Å². The van der Waals surface area contributed by atoms with E-state index in [2.05, 4.69) is 11.4 Å². The van der Waals surface area contributed by atoms with E-state index in [9.17, 15) is 4.79 Å². The molecule has 0 aliphatic rings. The molecule has 0 fully saturated rings. The van der Waals surface area contributed by atoms with E-state index in [-0.39, 0.29) is 10.9 Å². The van der Waals surface area contributed by atoms with Gasteiger partial charge in [0.15, 0.2) is 10.9 Å². The highest BCUT2D eigenvalue weighted by Crippen LogP contribution is 2.07. The highest BCUT2D eigenvalue weighted by molar-refractivity contribution is 7.80. The van der Waals surface area contributed by atoms with Gasteiger partial charge in [0.25, 0.3) is 5.91 Å². The summed E-state index contributed by atoms with van der Waals surface area (Å²) in [6, 6.07) is 15.0. The summed E-state index contributed by atoms with van der Waals surface area (Å²) in [6.45, 7) is 0.975. The largest absolute Gasteiger partial charge is 0.459 e. The van der Waals surface area contributed by atoms with Gasteiger partial charge in [-0.3, -0.25) is 10.1 Å². The number of thiocarbonyl (C=S) groups is 1. The van der Waals surface area contributed by atoms with E-state index in [1.54, 1.807) is 17.0 Å². The summed E-state index contributed by atoms with van der Waals surface area (Å²) in [5, 5.41) is 11.7. The first kappa shape index (κ1) is 15.7. The first-order valence-electron chi connectivity index (χ1n) is 6.75. The Morgan fingerprint density at radius 3 is 2.68 bits per heavy atom. The first-order chi connectivity index (χ1) is 10.7.